The fourth-order valence-corrected chi connectivity index (χ4v) is 4.65. The van der Waals surface area contributed by atoms with Crippen molar-refractivity contribution >= 4 is 16.2 Å². The lowest BCUT2D eigenvalue weighted by molar-refractivity contribution is -0.146. The van der Waals surface area contributed by atoms with Gasteiger partial charge in [-0.1, -0.05) is 13.8 Å². The molecule has 0 amide bonds. The molecule has 1 aliphatic rings. The first kappa shape index (κ1) is 16.4. The number of carboxylic acid groups (broad SMARTS) is 1. The molecule has 1 fully saturated rings. The van der Waals surface area contributed by atoms with E-state index in [4.69, 9.17) is 0 Å². The van der Waals surface area contributed by atoms with Gasteiger partial charge < -0.3 is 5.11 Å². The molecule has 0 aromatic heterocycles. The molecule has 0 aromatic rings. The van der Waals surface area contributed by atoms with E-state index in [9.17, 15) is 18.3 Å². The number of carboxylic acids is 1. The molecule has 0 radical (unpaired) electrons. The molecule has 1 rings (SSSR count). The average Bonchev–Trinajstić information content (AvgIpc) is 2.73. The van der Waals surface area contributed by atoms with E-state index in [0.717, 1.165) is 17.1 Å². The van der Waals surface area contributed by atoms with Gasteiger partial charge >= 0.3 is 5.97 Å². The van der Waals surface area contributed by atoms with Gasteiger partial charge in [-0.15, -0.1) is 0 Å². The normalized spacial score (nSPS) is 25.1. The molecular formula is C12H24N2O4S. The third kappa shape index (κ3) is 3.09. The molecule has 0 spiro atoms. The molecule has 19 heavy (non-hydrogen) atoms. The Balaban J connectivity index is 3.07. The number of carbonyl (C=O) groups is 1. The Morgan fingerprint density at radius 1 is 1.32 bits per heavy atom. The van der Waals surface area contributed by atoms with Crippen LogP contribution < -0.4 is 0 Å². The van der Waals surface area contributed by atoms with E-state index < -0.39 is 21.7 Å². The van der Waals surface area contributed by atoms with Crippen LogP contribution in [0.4, 0.5) is 0 Å². The molecule has 6 nitrogen and oxygen atoms in total. The van der Waals surface area contributed by atoms with Crippen LogP contribution in [-0.4, -0.2) is 53.3 Å². The minimum atomic E-state index is -3.69. The monoisotopic (exact) mass is 292 g/mol. The molecule has 0 saturated carbocycles. The van der Waals surface area contributed by atoms with Crippen LogP contribution in [-0.2, 0) is 15.0 Å². The predicted molar refractivity (Wildman–Crippen MR) is 73.1 cm³/mol. The number of aliphatic carboxylic acids is 1. The summed E-state index contributed by atoms with van der Waals surface area (Å²) in [6.07, 6.45) is 2.40. The highest BCUT2D eigenvalue weighted by molar-refractivity contribution is 7.86. The molecule has 1 N–H and O–H groups in total. The second-order valence-corrected chi connectivity index (χ2v) is 7.01. The minimum absolute atomic E-state index is 0.287. The smallest absolute Gasteiger partial charge is 0.324 e. The Labute approximate surface area is 115 Å². The number of hydrogen-bond acceptors (Lipinski definition) is 3. The number of hydrogen-bond donors (Lipinski definition) is 1. The van der Waals surface area contributed by atoms with Gasteiger partial charge in [-0.3, -0.25) is 4.79 Å². The zero-order valence-corrected chi connectivity index (χ0v) is 12.7. The van der Waals surface area contributed by atoms with Gasteiger partial charge in [0.1, 0.15) is 5.54 Å². The second kappa shape index (κ2) is 6.19. The van der Waals surface area contributed by atoms with Gasteiger partial charge in [-0.25, -0.2) is 0 Å². The van der Waals surface area contributed by atoms with Crippen molar-refractivity contribution in [2.24, 2.45) is 0 Å². The molecule has 0 aromatic carbocycles. The summed E-state index contributed by atoms with van der Waals surface area (Å²) in [5.41, 5.74) is -1.31. The third-order valence-electron chi connectivity index (χ3n) is 3.59. The minimum Gasteiger partial charge on any atom is -0.480 e. The molecular weight excluding hydrogens is 268 g/mol. The highest BCUT2D eigenvalue weighted by Gasteiger charge is 2.50. The molecule has 7 heteroatoms. The molecule has 112 valence electrons. The Kier molecular flexibility index (Phi) is 5.34. The summed E-state index contributed by atoms with van der Waals surface area (Å²) in [6, 6.07) is 0. The number of rotatable bonds is 7. The van der Waals surface area contributed by atoms with E-state index in [0.29, 0.717) is 25.9 Å². The zero-order valence-electron chi connectivity index (χ0n) is 11.9. The van der Waals surface area contributed by atoms with Gasteiger partial charge in [0.25, 0.3) is 10.2 Å². The summed E-state index contributed by atoms with van der Waals surface area (Å²) in [6.45, 7) is 6.48. The predicted octanol–water partition coefficient (Wildman–Crippen LogP) is 1.29. The molecule has 1 saturated heterocycles. The Morgan fingerprint density at radius 2 is 1.84 bits per heavy atom. The summed E-state index contributed by atoms with van der Waals surface area (Å²) in [4.78, 5) is 11.4. The lowest BCUT2D eigenvalue weighted by Gasteiger charge is -2.34. The molecule has 1 heterocycles. The lowest BCUT2D eigenvalue weighted by Crippen LogP contribution is -2.55. The molecule has 1 aliphatic heterocycles. The van der Waals surface area contributed by atoms with Gasteiger partial charge in [0.2, 0.25) is 0 Å². The first-order chi connectivity index (χ1) is 8.80. The Morgan fingerprint density at radius 3 is 2.26 bits per heavy atom. The Hall–Kier alpha value is -0.660. The van der Waals surface area contributed by atoms with Crippen LogP contribution in [0.3, 0.4) is 0 Å². The summed E-state index contributed by atoms with van der Waals surface area (Å²) in [7, 11) is -3.69. The fraction of sp³-hybridized carbons (Fsp3) is 0.917. The summed E-state index contributed by atoms with van der Waals surface area (Å²) < 4.78 is 27.8. The SMILES string of the molecule is CCCN(CCC)S(=O)(=O)N1CCCC1(C)C(=O)O. The maximum atomic E-state index is 12.6. The largest absolute Gasteiger partial charge is 0.480 e. The first-order valence-electron chi connectivity index (χ1n) is 6.82. The maximum Gasteiger partial charge on any atom is 0.324 e. The third-order valence-corrected chi connectivity index (χ3v) is 5.75. The van der Waals surface area contributed by atoms with Gasteiger partial charge in [-0.2, -0.15) is 17.0 Å². The van der Waals surface area contributed by atoms with Crippen LogP contribution in [0.5, 0.6) is 0 Å². The zero-order chi connectivity index (χ0) is 14.7. The van der Waals surface area contributed by atoms with E-state index in [1.165, 1.54) is 11.2 Å². The van der Waals surface area contributed by atoms with Gasteiger partial charge in [0, 0.05) is 19.6 Å². The fourth-order valence-electron chi connectivity index (χ4n) is 2.50. The first-order valence-corrected chi connectivity index (χ1v) is 8.21. The van der Waals surface area contributed by atoms with Crippen molar-refractivity contribution in [3.8, 4) is 0 Å². The quantitative estimate of drug-likeness (QED) is 0.767. The van der Waals surface area contributed by atoms with Crippen molar-refractivity contribution in [1.82, 2.24) is 8.61 Å². The van der Waals surface area contributed by atoms with Gasteiger partial charge in [0.05, 0.1) is 0 Å². The van der Waals surface area contributed by atoms with Crippen molar-refractivity contribution in [3.05, 3.63) is 0 Å². The van der Waals surface area contributed by atoms with Crippen molar-refractivity contribution in [3.63, 3.8) is 0 Å². The standard InChI is InChI=1S/C12H24N2O4S/c1-4-8-13(9-5-2)19(17,18)14-10-6-7-12(14,3)11(15)16/h4-10H2,1-3H3,(H,15,16). The van der Waals surface area contributed by atoms with Gasteiger partial charge in [-0.05, 0) is 32.6 Å². The average molecular weight is 292 g/mol. The van der Waals surface area contributed by atoms with Gasteiger partial charge in [0.15, 0.2) is 0 Å². The van der Waals surface area contributed by atoms with Crippen LogP contribution in [0.2, 0.25) is 0 Å². The molecule has 1 unspecified atom stereocenters. The summed E-state index contributed by atoms with van der Waals surface area (Å²) in [5.74, 6) is -1.07. The van der Waals surface area contributed by atoms with Crippen molar-refractivity contribution in [1.29, 1.82) is 0 Å². The van der Waals surface area contributed by atoms with Crippen molar-refractivity contribution in [2.75, 3.05) is 19.6 Å². The van der Waals surface area contributed by atoms with Crippen LogP contribution in [0, 0.1) is 0 Å². The maximum absolute atomic E-state index is 12.6. The van der Waals surface area contributed by atoms with Crippen molar-refractivity contribution in [2.45, 2.75) is 52.0 Å². The highest BCUT2D eigenvalue weighted by Crippen LogP contribution is 2.33. The van der Waals surface area contributed by atoms with E-state index in [2.05, 4.69) is 0 Å². The van der Waals surface area contributed by atoms with E-state index in [1.807, 2.05) is 13.8 Å². The van der Waals surface area contributed by atoms with Crippen LogP contribution in [0.1, 0.15) is 46.5 Å². The topological polar surface area (TPSA) is 77.9 Å². The molecule has 0 aliphatic carbocycles. The Bertz CT molecular complexity index is 417. The molecule has 0 bridgehead atoms. The van der Waals surface area contributed by atoms with Crippen LogP contribution >= 0.6 is 0 Å². The summed E-state index contributed by atoms with van der Waals surface area (Å²) >= 11 is 0. The van der Waals surface area contributed by atoms with E-state index in [1.54, 1.807) is 0 Å². The van der Waals surface area contributed by atoms with Crippen LogP contribution in [0.25, 0.3) is 0 Å². The second-order valence-electron chi connectivity index (χ2n) is 5.16. The van der Waals surface area contributed by atoms with Crippen LogP contribution in [0.15, 0.2) is 0 Å². The summed E-state index contributed by atoms with van der Waals surface area (Å²) in [5, 5.41) is 9.32. The highest BCUT2D eigenvalue weighted by atomic mass is 32.2. The van der Waals surface area contributed by atoms with E-state index >= 15 is 0 Å². The number of nitrogens with zero attached hydrogens (tertiary/aromatic N) is 2. The molecule has 1 atom stereocenters. The van der Waals surface area contributed by atoms with E-state index in [-0.39, 0.29) is 6.54 Å². The lowest BCUT2D eigenvalue weighted by atomic mass is 10.0. The van der Waals surface area contributed by atoms with Crippen molar-refractivity contribution < 1.29 is 18.3 Å².